The van der Waals surface area contributed by atoms with Crippen LogP contribution >= 0.6 is 0 Å². The van der Waals surface area contributed by atoms with Gasteiger partial charge in [-0.05, 0) is 83.5 Å². The molecular formula is C77H145NO5. The molecule has 0 aromatic rings. The summed E-state index contributed by atoms with van der Waals surface area (Å²) in [6.07, 6.45) is 95.2. The first-order valence-corrected chi connectivity index (χ1v) is 37.4. The molecule has 0 rings (SSSR count). The first-order chi connectivity index (χ1) is 41.0. The highest BCUT2D eigenvalue weighted by atomic mass is 16.5. The second kappa shape index (κ2) is 72.3. The zero-order valence-corrected chi connectivity index (χ0v) is 55.9. The number of aliphatic hydroxyl groups excluding tert-OH is 2. The van der Waals surface area contributed by atoms with Crippen molar-refractivity contribution in [2.24, 2.45) is 0 Å². The van der Waals surface area contributed by atoms with E-state index in [0.29, 0.717) is 19.4 Å². The molecule has 3 N–H and O–H groups in total. The van der Waals surface area contributed by atoms with Gasteiger partial charge in [-0.3, -0.25) is 9.59 Å². The fraction of sp³-hybridized carbons (Fsp3) is 0.870. The lowest BCUT2D eigenvalue weighted by Gasteiger charge is -2.20. The molecule has 0 saturated heterocycles. The highest BCUT2D eigenvalue weighted by Gasteiger charge is 2.18. The van der Waals surface area contributed by atoms with E-state index in [2.05, 4.69) is 55.6 Å². The molecule has 6 nitrogen and oxygen atoms in total. The molecule has 0 aromatic heterocycles. The number of esters is 1. The minimum atomic E-state index is -0.841. The van der Waals surface area contributed by atoms with Gasteiger partial charge in [0.2, 0.25) is 5.91 Å². The van der Waals surface area contributed by atoms with E-state index in [1.54, 1.807) is 6.08 Å². The lowest BCUT2D eigenvalue weighted by molar-refractivity contribution is -0.143. The van der Waals surface area contributed by atoms with E-state index in [9.17, 15) is 19.8 Å². The normalized spacial score (nSPS) is 12.8. The van der Waals surface area contributed by atoms with Crippen LogP contribution in [0.4, 0.5) is 0 Å². The van der Waals surface area contributed by atoms with Crippen LogP contribution in [0.2, 0.25) is 0 Å². The van der Waals surface area contributed by atoms with Crippen molar-refractivity contribution in [3.63, 3.8) is 0 Å². The van der Waals surface area contributed by atoms with Crippen molar-refractivity contribution in [2.75, 3.05) is 13.2 Å². The summed E-state index contributed by atoms with van der Waals surface area (Å²) in [6.45, 7) is 4.86. The molecule has 0 heterocycles. The van der Waals surface area contributed by atoms with Crippen molar-refractivity contribution in [2.45, 2.75) is 418 Å². The number of carbonyl (C=O) groups is 2. The van der Waals surface area contributed by atoms with Crippen molar-refractivity contribution >= 4 is 11.9 Å². The molecule has 0 spiro atoms. The topological polar surface area (TPSA) is 95.9 Å². The quantitative estimate of drug-likeness (QED) is 0.0320. The smallest absolute Gasteiger partial charge is 0.305 e. The number of carbonyl (C=O) groups excluding carboxylic acids is 2. The molecule has 0 bridgehead atoms. The molecule has 0 aromatic carbocycles. The molecule has 0 aliphatic rings. The Labute approximate surface area is 518 Å². The summed E-state index contributed by atoms with van der Waals surface area (Å²) in [7, 11) is 0. The van der Waals surface area contributed by atoms with Crippen LogP contribution in [0.3, 0.4) is 0 Å². The number of nitrogens with one attached hydrogen (secondary N) is 1. The van der Waals surface area contributed by atoms with E-state index in [1.165, 1.54) is 327 Å². The molecule has 6 heteroatoms. The van der Waals surface area contributed by atoms with Gasteiger partial charge in [0.25, 0.3) is 0 Å². The van der Waals surface area contributed by atoms with Crippen molar-refractivity contribution in [3.05, 3.63) is 48.6 Å². The van der Waals surface area contributed by atoms with Crippen LogP contribution in [0.25, 0.3) is 0 Å². The number of hydrogen-bond donors (Lipinski definition) is 3. The number of allylic oxidation sites excluding steroid dienone is 7. The first kappa shape index (κ1) is 80.8. The number of unbranched alkanes of at least 4 members (excludes halogenated alkanes) is 53. The zero-order valence-electron chi connectivity index (χ0n) is 55.9. The third-order valence-electron chi connectivity index (χ3n) is 17.3. The molecule has 488 valence electrons. The molecule has 0 fully saturated rings. The van der Waals surface area contributed by atoms with E-state index in [0.717, 1.165) is 51.4 Å². The van der Waals surface area contributed by atoms with Crippen LogP contribution in [0.5, 0.6) is 0 Å². The molecule has 0 aliphatic heterocycles. The molecule has 83 heavy (non-hydrogen) atoms. The van der Waals surface area contributed by atoms with E-state index in [-0.39, 0.29) is 18.5 Å². The Morgan fingerprint density at radius 1 is 0.337 bits per heavy atom. The predicted octanol–water partition coefficient (Wildman–Crippen LogP) is 24.4. The van der Waals surface area contributed by atoms with Crippen LogP contribution in [-0.4, -0.2) is 47.4 Å². The Kier molecular flexibility index (Phi) is 70.4. The molecule has 0 aliphatic carbocycles. The van der Waals surface area contributed by atoms with Crippen molar-refractivity contribution in [1.82, 2.24) is 5.32 Å². The number of aliphatic hydroxyl groups is 2. The van der Waals surface area contributed by atoms with Gasteiger partial charge in [0.05, 0.1) is 25.4 Å². The number of hydrogen-bond acceptors (Lipinski definition) is 5. The molecule has 1 amide bonds. The third kappa shape index (κ3) is 68.8. The lowest BCUT2D eigenvalue weighted by Crippen LogP contribution is -2.45. The zero-order chi connectivity index (χ0) is 59.9. The minimum Gasteiger partial charge on any atom is -0.466 e. The number of amides is 1. The fourth-order valence-electron chi connectivity index (χ4n) is 11.6. The Morgan fingerprint density at radius 3 is 0.976 bits per heavy atom. The Morgan fingerprint density at radius 2 is 0.627 bits per heavy atom. The van der Waals surface area contributed by atoms with E-state index in [1.807, 2.05) is 6.08 Å². The summed E-state index contributed by atoms with van der Waals surface area (Å²) >= 11 is 0. The number of rotatable bonds is 70. The summed E-state index contributed by atoms with van der Waals surface area (Å²) < 4.78 is 5.48. The van der Waals surface area contributed by atoms with Crippen LogP contribution in [0, 0.1) is 0 Å². The van der Waals surface area contributed by atoms with Gasteiger partial charge in [-0.1, -0.05) is 358 Å². The van der Waals surface area contributed by atoms with Crippen LogP contribution in [-0.2, 0) is 14.3 Å². The maximum atomic E-state index is 12.5. The van der Waals surface area contributed by atoms with E-state index >= 15 is 0 Å². The van der Waals surface area contributed by atoms with E-state index in [4.69, 9.17) is 4.74 Å². The standard InChI is InChI=1S/C77H145NO5/c1-3-5-7-9-11-13-15-17-46-49-53-57-61-65-69-75(80)74(73-79)78-76(81)70-66-62-58-54-50-47-43-41-39-37-35-33-31-29-27-25-23-21-19-18-20-22-24-26-28-30-32-34-36-38-40-42-44-48-52-56-60-64-68-72-83-77(82)71-67-63-59-55-51-45-16-14-12-10-8-6-4-2/h8,10,14,16,18-19,65,69,74-75,79-80H,3-7,9,11-13,15,17,20-64,66-68,70-73H2,1-2H3,(H,78,81)/b10-8-,16-14-,19-18-,69-65+. The van der Waals surface area contributed by atoms with E-state index < -0.39 is 12.1 Å². The summed E-state index contributed by atoms with van der Waals surface area (Å²) in [4.78, 5) is 24.5. The maximum Gasteiger partial charge on any atom is 0.305 e. The van der Waals surface area contributed by atoms with Gasteiger partial charge in [0.15, 0.2) is 0 Å². The van der Waals surface area contributed by atoms with Gasteiger partial charge >= 0.3 is 5.97 Å². The summed E-state index contributed by atoms with van der Waals surface area (Å²) in [5.41, 5.74) is 0. The second-order valence-corrected chi connectivity index (χ2v) is 25.6. The van der Waals surface area contributed by atoms with Gasteiger partial charge in [-0.25, -0.2) is 0 Å². The van der Waals surface area contributed by atoms with Crippen molar-refractivity contribution in [3.8, 4) is 0 Å². The summed E-state index contributed by atoms with van der Waals surface area (Å²) in [6, 6.07) is -0.624. The molecule has 0 radical (unpaired) electrons. The average molecular weight is 1170 g/mol. The predicted molar refractivity (Wildman–Crippen MR) is 366 cm³/mol. The largest absolute Gasteiger partial charge is 0.466 e. The van der Waals surface area contributed by atoms with Crippen LogP contribution in [0.15, 0.2) is 48.6 Å². The summed E-state index contributed by atoms with van der Waals surface area (Å²) in [5, 5.41) is 23.2. The second-order valence-electron chi connectivity index (χ2n) is 25.6. The van der Waals surface area contributed by atoms with Crippen molar-refractivity contribution < 1.29 is 24.5 Å². The highest BCUT2D eigenvalue weighted by molar-refractivity contribution is 5.76. The molecular weight excluding hydrogens is 1020 g/mol. The third-order valence-corrected chi connectivity index (χ3v) is 17.3. The molecule has 0 saturated carbocycles. The Hall–Kier alpha value is -2.18. The van der Waals surface area contributed by atoms with Gasteiger partial charge < -0.3 is 20.3 Å². The van der Waals surface area contributed by atoms with Gasteiger partial charge in [0, 0.05) is 12.8 Å². The van der Waals surface area contributed by atoms with Gasteiger partial charge in [0.1, 0.15) is 0 Å². The highest BCUT2D eigenvalue weighted by Crippen LogP contribution is 2.19. The Balaban J connectivity index is 3.33. The Bertz CT molecular complexity index is 1390. The first-order valence-electron chi connectivity index (χ1n) is 37.4. The minimum absolute atomic E-state index is 0.00692. The van der Waals surface area contributed by atoms with Crippen LogP contribution in [0.1, 0.15) is 406 Å². The molecule has 2 unspecified atom stereocenters. The monoisotopic (exact) mass is 1160 g/mol. The summed E-state index contributed by atoms with van der Waals surface area (Å²) in [5.74, 6) is -0.0549. The van der Waals surface area contributed by atoms with Gasteiger partial charge in [-0.2, -0.15) is 0 Å². The van der Waals surface area contributed by atoms with Gasteiger partial charge in [-0.15, -0.1) is 0 Å². The average Bonchev–Trinajstić information content (AvgIpc) is 3.49. The van der Waals surface area contributed by atoms with Crippen LogP contribution < -0.4 is 5.32 Å². The fourth-order valence-corrected chi connectivity index (χ4v) is 11.6. The lowest BCUT2D eigenvalue weighted by atomic mass is 10.0. The van der Waals surface area contributed by atoms with Crippen molar-refractivity contribution in [1.29, 1.82) is 0 Å². The number of ether oxygens (including phenoxy) is 1. The maximum absolute atomic E-state index is 12.5. The SMILES string of the molecule is CCC/C=C\C/C=C\CCCCCCCC(=O)OCCCCCCCCCCCCCCCCCCCC/C=C\CCCCCCCCCCCCCCCCCCCC(=O)NC(CO)C(O)/C=C/CCCCCCCCCCCCCC. The molecule has 2 atom stereocenters.